The van der Waals surface area contributed by atoms with E-state index in [2.05, 4.69) is 123 Å². The number of hydrogen-bond acceptors (Lipinski definition) is 2. The quantitative estimate of drug-likeness (QED) is 0.184. The van der Waals surface area contributed by atoms with Gasteiger partial charge in [-0.2, -0.15) is 5.26 Å². The van der Waals surface area contributed by atoms with Crippen LogP contribution in [0.15, 0.2) is 150 Å². The lowest BCUT2D eigenvalue weighted by molar-refractivity contribution is 0.669. The summed E-state index contributed by atoms with van der Waals surface area (Å²) in [5, 5.41) is 17.1. The van der Waals surface area contributed by atoms with E-state index in [0.29, 0.717) is 16.8 Å². The van der Waals surface area contributed by atoms with E-state index >= 15 is 0 Å². The second kappa shape index (κ2) is 10.2. The van der Waals surface area contributed by atoms with Crippen molar-refractivity contribution >= 4 is 71.2 Å². The number of nitrogens with zero attached hydrogens (tertiary/aromatic N) is 4. The van der Waals surface area contributed by atoms with Crippen LogP contribution >= 0.6 is 0 Å². The fraction of sp³-hybridized carbons (Fsp3) is 0. The molecule has 0 aliphatic rings. The summed E-state index contributed by atoms with van der Waals surface area (Å²) in [7, 11) is 0. The summed E-state index contributed by atoms with van der Waals surface area (Å²) in [5.41, 5.74) is 10.2. The Labute approximate surface area is 280 Å². The van der Waals surface area contributed by atoms with Gasteiger partial charge in [-0.15, -0.1) is 0 Å². The molecule has 0 fully saturated rings. The molecule has 5 nitrogen and oxygen atoms in total. The van der Waals surface area contributed by atoms with Gasteiger partial charge in [0.25, 0.3) is 0 Å². The summed E-state index contributed by atoms with van der Waals surface area (Å²) >= 11 is 0. The molecule has 0 bridgehead atoms. The lowest BCUT2D eigenvalue weighted by atomic mass is 9.97. The first-order valence-electron chi connectivity index (χ1n) is 16.1. The molecule has 0 amide bonds. The Morgan fingerprint density at radius 1 is 0.531 bits per heavy atom. The highest BCUT2D eigenvalue weighted by molar-refractivity contribution is 6.24. The molecule has 3 heterocycles. The van der Waals surface area contributed by atoms with Gasteiger partial charge >= 0.3 is 0 Å². The molecule has 0 unspecified atom stereocenters. The van der Waals surface area contributed by atoms with Gasteiger partial charge in [0, 0.05) is 38.3 Å². The Morgan fingerprint density at radius 2 is 1.10 bits per heavy atom. The fourth-order valence-electron chi connectivity index (χ4n) is 7.70. The molecule has 0 saturated carbocycles. The van der Waals surface area contributed by atoms with E-state index in [0.717, 1.165) is 82.5 Å². The molecule has 226 valence electrons. The van der Waals surface area contributed by atoms with Crippen LogP contribution in [0.2, 0.25) is 0 Å². The second-order valence-corrected chi connectivity index (χ2v) is 12.3. The molecule has 7 aromatic carbocycles. The van der Waals surface area contributed by atoms with E-state index in [1.54, 1.807) is 0 Å². The zero-order valence-corrected chi connectivity index (χ0v) is 26.1. The predicted molar refractivity (Wildman–Crippen MR) is 199 cm³/mol. The summed E-state index contributed by atoms with van der Waals surface area (Å²) in [5.74, 6) is 0. The minimum absolute atomic E-state index is 0.485. The first-order chi connectivity index (χ1) is 24.2. The van der Waals surface area contributed by atoms with Crippen LogP contribution < -0.4 is 0 Å². The van der Waals surface area contributed by atoms with Crippen molar-refractivity contribution in [2.75, 3.05) is 0 Å². The van der Waals surface area contributed by atoms with E-state index in [1.165, 1.54) is 0 Å². The van der Waals surface area contributed by atoms with Crippen LogP contribution in [0, 0.1) is 17.9 Å². The highest BCUT2D eigenvalue weighted by atomic mass is 16.3. The summed E-state index contributed by atoms with van der Waals surface area (Å²) in [6.07, 6.45) is 0. The lowest BCUT2D eigenvalue weighted by Crippen LogP contribution is -1.98. The van der Waals surface area contributed by atoms with Gasteiger partial charge in [0.05, 0.1) is 45.7 Å². The minimum atomic E-state index is 0.485. The molecule has 0 aliphatic carbocycles. The molecule has 10 rings (SSSR count). The summed E-state index contributed by atoms with van der Waals surface area (Å²) < 4.78 is 10.8. The van der Waals surface area contributed by atoms with Crippen molar-refractivity contribution in [1.82, 2.24) is 9.13 Å². The van der Waals surface area contributed by atoms with E-state index in [9.17, 15) is 5.26 Å². The third-order valence-corrected chi connectivity index (χ3v) is 9.79. The van der Waals surface area contributed by atoms with Crippen molar-refractivity contribution in [1.29, 1.82) is 5.26 Å². The predicted octanol–water partition coefficient (Wildman–Crippen LogP) is 11.9. The number of benzene rings is 7. The maximum atomic E-state index is 10.4. The molecule has 0 saturated heterocycles. The van der Waals surface area contributed by atoms with Gasteiger partial charge in [-0.05, 0) is 77.9 Å². The van der Waals surface area contributed by atoms with Crippen LogP contribution in [0.3, 0.4) is 0 Å². The average molecular weight is 625 g/mol. The number of nitriles is 1. The molecule has 49 heavy (non-hydrogen) atoms. The molecule has 0 atom stereocenters. The first kappa shape index (κ1) is 27.1. The molecule has 0 radical (unpaired) electrons. The SMILES string of the molecule is [C-]#[N+]c1ccc(-n2c3ccccc3c3ccc4oc5ccccc5c4c32)cc1-c1cc(-n2c3ccccc3c3ccccc32)ccc1C#N. The standard InChI is InChI=1S/C44H24N4O/c1-46-37-22-20-29(48-40-16-8-4-12-32(40)33-21-23-42-43(44(33)48)34-13-5-9-17-41(34)49-42)25-36(37)35-24-28(19-18-27(35)26-45)47-38-14-6-2-10-30(38)31-11-3-7-15-39(31)47/h2-25H. The molecular weight excluding hydrogens is 601 g/mol. The smallest absolute Gasteiger partial charge is 0.195 e. The largest absolute Gasteiger partial charge is 0.456 e. The third kappa shape index (κ3) is 3.79. The van der Waals surface area contributed by atoms with Crippen LogP contribution in [0.1, 0.15) is 5.56 Å². The lowest BCUT2D eigenvalue weighted by Gasteiger charge is -2.15. The van der Waals surface area contributed by atoms with Gasteiger partial charge < -0.3 is 13.6 Å². The number of aromatic nitrogens is 2. The number of hydrogen-bond donors (Lipinski definition) is 0. The van der Waals surface area contributed by atoms with Crippen molar-refractivity contribution in [3.8, 4) is 28.6 Å². The van der Waals surface area contributed by atoms with Crippen LogP contribution in [-0.4, -0.2) is 9.13 Å². The van der Waals surface area contributed by atoms with Crippen LogP contribution in [0.5, 0.6) is 0 Å². The summed E-state index contributed by atoms with van der Waals surface area (Å²) in [4.78, 5) is 3.95. The van der Waals surface area contributed by atoms with Gasteiger partial charge in [-0.3, -0.25) is 0 Å². The Morgan fingerprint density at radius 3 is 1.80 bits per heavy atom. The molecule has 0 spiro atoms. The molecule has 10 aromatic rings. The monoisotopic (exact) mass is 624 g/mol. The zero-order valence-electron chi connectivity index (χ0n) is 26.1. The minimum Gasteiger partial charge on any atom is -0.456 e. The fourth-order valence-corrected chi connectivity index (χ4v) is 7.70. The summed E-state index contributed by atoms with van der Waals surface area (Å²) in [6.45, 7) is 8.17. The number of para-hydroxylation sites is 4. The number of furan rings is 1. The Kier molecular flexibility index (Phi) is 5.64. The van der Waals surface area contributed by atoms with Crippen LogP contribution in [0.25, 0.3) is 92.9 Å². The molecule has 5 heteroatoms. The van der Waals surface area contributed by atoms with Gasteiger partial charge in [0.2, 0.25) is 0 Å². The molecule has 0 aliphatic heterocycles. The second-order valence-electron chi connectivity index (χ2n) is 12.3. The number of rotatable bonds is 3. The Hall–Kier alpha value is -7.08. The van der Waals surface area contributed by atoms with Crippen molar-refractivity contribution < 1.29 is 4.42 Å². The van der Waals surface area contributed by atoms with Crippen molar-refractivity contribution in [2.45, 2.75) is 0 Å². The summed E-state index contributed by atoms with van der Waals surface area (Å²) in [6, 6.07) is 51.8. The van der Waals surface area contributed by atoms with Gasteiger partial charge in [0.1, 0.15) is 11.2 Å². The number of fused-ring (bicyclic) bond motifs is 10. The van der Waals surface area contributed by atoms with Crippen molar-refractivity contribution in [3.63, 3.8) is 0 Å². The topological polar surface area (TPSA) is 51.1 Å². The van der Waals surface area contributed by atoms with E-state index in [1.807, 2.05) is 42.5 Å². The maximum Gasteiger partial charge on any atom is 0.195 e. The van der Waals surface area contributed by atoms with E-state index in [-0.39, 0.29) is 0 Å². The van der Waals surface area contributed by atoms with Crippen molar-refractivity contribution in [3.05, 3.63) is 163 Å². The zero-order chi connectivity index (χ0) is 32.6. The Balaban J connectivity index is 1.27. The average Bonchev–Trinajstić information content (AvgIpc) is 3.82. The van der Waals surface area contributed by atoms with Crippen molar-refractivity contribution in [2.24, 2.45) is 0 Å². The Bertz CT molecular complexity index is 3030. The highest BCUT2D eigenvalue weighted by Gasteiger charge is 2.21. The first-order valence-corrected chi connectivity index (χ1v) is 16.1. The van der Waals surface area contributed by atoms with Crippen LogP contribution in [-0.2, 0) is 0 Å². The molecule has 3 aromatic heterocycles. The van der Waals surface area contributed by atoms with Gasteiger partial charge in [0.15, 0.2) is 5.69 Å². The van der Waals surface area contributed by atoms with Crippen LogP contribution in [0.4, 0.5) is 5.69 Å². The molecular formula is C44H24N4O. The van der Waals surface area contributed by atoms with E-state index < -0.39 is 0 Å². The van der Waals surface area contributed by atoms with E-state index in [4.69, 9.17) is 11.0 Å². The highest BCUT2D eigenvalue weighted by Crippen LogP contribution is 2.43. The maximum absolute atomic E-state index is 10.4. The van der Waals surface area contributed by atoms with Gasteiger partial charge in [-0.1, -0.05) is 78.9 Å². The molecule has 0 N–H and O–H groups in total. The normalized spacial score (nSPS) is 11.6. The third-order valence-electron chi connectivity index (χ3n) is 9.79. The van der Waals surface area contributed by atoms with Gasteiger partial charge in [-0.25, -0.2) is 4.85 Å².